The Bertz CT molecular complexity index is 493. The second-order valence-corrected chi connectivity index (χ2v) is 5.62. The van der Waals surface area contributed by atoms with Crippen LogP contribution in [0.1, 0.15) is 18.4 Å². The molecule has 0 saturated heterocycles. The van der Waals surface area contributed by atoms with E-state index in [1.807, 2.05) is 11.6 Å². The van der Waals surface area contributed by atoms with Crippen molar-refractivity contribution in [2.24, 2.45) is 0 Å². The van der Waals surface area contributed by atoms with Gasteiger partial charge in [0, 0.05) is 20.1 Å². The quantitative estimate of drug-likeness (QED) is 0.790. The van der Waals surface area contributed by atoms with Crippen LogP contribution in [0, 0.1) is 6.92 Å². The molecule has 0 aromatic heterocycles. The van der Waals surface area contributed by atoms with Gasteiger partial charge in [0.1, 0.15) is 0 Å². The van der Waals surface area contributed by atoms with E-state index in [0.717, 1.165) is 5.56 Å². The molecule has 0 bridgehead atoms. The summed E-state index contributed by atoms with van der Waals surface area (Å²) >= 11 is 0. The molecule has 1 amide bonds. The summed E-state index contributed by atoms with van der Waals surface area (Å²) in [4.78, 5) is 11.5. The van der Waals surface area contributed by atoms with Crippen LogP contribution in [-0.2, 0) is 19.6 Å². The summed E-state index contributed by atoms with van der Waals surface area (Å²) in [6.45, 7) is 2.29. The molecule has 0 radical (unpaired) electrons. The molecule has 0 unspecified atom stereocenters. The van der Waals surface area contributed by atoms with Crippen LogP contribution >= 0.6 is 0 Å². The first-order valence-corrected chi connectivity index (χ1v) is 7.05. The van der Waals surface area contributed by atoms with Crippen LogP contribution in [0.25, 0.3) is 0 Å². The number of hydrogen-bond acceptors (Lipinski definition) is 4. The van der Waals surface area contributed by atoms with Gasteiger partial charge in [0.2, 0.25) is 5.91 Å². The second kappa shape index (κ2) is 6.51. The fourth-order valence-corrected chi connectivity index (χ4v) is 2.37. The number of amides is 1. The van der Waals surface area contributed by atoms with Crippen molar-refractivity contribution in [1.29, 1.82) is 0 Å². The first-order valence-electron chi connectivity index (χ1n) is 5.57. The number of rotatable bonds is 6. The number of carbonyl (C=O) groups excluding carboxylic acids is 1. The van der Waals surface area contributed by atoms with Crippen molar-refractivity contribution in [2.45, 2.75) is 24.7 Å². The molecule has 0 aliphatic heterocycles. The van der Waals surface area contributed by atoms with Gasteiger partial charge in [-0.15, -0.1) is 0 Å². The van der Waals surface area contributed by atoms with Gasteiger partial charge < -0.3 is 4.74 Å². The predicted molar refractivity (Wildman–Crippen MR) is 67.6 cm³/mol. The highest BCUT2D eigenvalue weighted by molar-refractivity contribution is 7.90. The SMILES string of the molecule is COCCCC(=O)NS(=O)(=O)c1ccc(C)cc1. The van der Waals surface area contributed by atoms with Crippen molar-refractivity contribution in [2.75, 3.05) is 13.7 Å². The van der Waals surface area contributed by atoms with E-state index in [-0.39, 0.29) is 11.3 Å². The summed E-state index contributed by atoms with van der Waals surface area (Å²) < 4.78 is 30.5. The standard InChI is InChI=1S/C12H17NO4S/c1-10-5-7-11(8-6-10)18(15,16)13-12(14)4-3-9-17-2/h5-8H,3-4,9H2,1-2H3,(H,13,14). The molecule has 0 atom stereocenters. The van der Waals surface area contributed by atoms with Gasteiger partial charge in [0.25, 0.3) is 10.0 Å². The summed E-state index contributed by atoms with van der Waals surface area (Å²) in [5, 5.41) is 0. The number of carbonyl (C=O) groups is 1. The lowest BCUT2D eigenvalue weighted by Gasteiger charge is -2.07. The molecule has 18 heavy (non-hydrogen) atoms. The van der Waals surface area contributed by atoms with Crippen LogP contribution < -0.4 is 4.72 Å². The van der Waals surface area contributed by atoms with Gasteiger partial charge in [-0.2, -0.15) is 0 Å². The van der Waals surface area contributed by atoms with Crippen LogP contribution in [0.5, 0.6) is 0 Å². The Morgan fingerprint density at radius 1 is 1.28 bits per heavy atom. The summed E-state index contributed by atoms with van der Waals surface area (Å²) in [5.41, 5.74) is 0.959. The molecule has 1 rings (SSSR count). The van der Waals surface area contributed by atoms with E-state index in [9.17, 15) is 13.2 Å². The van der Waals surface area contributed by atoms with Crippen molar-refractivity contribution in [3.63, 3.8) is 0 Å². The van der Waals surface area contributed by atoms with Crippen LogP contribution in [-0.4, -0.2) is 28.0 Å². The molecule has 6 heteroatoms. The largest absolute Gasteiger partial charge is 0.385 e. The minimum atomic E-state index is -3.75. The maximum atomic E-state index is 11.8. The minimum absolute atomic E-state index is 0.0909. The fourth-order valence-electron chi connectivity index (χ4n) is 1.35. The molecular formula is C12H17NO4S. The molecule has 0 aliphatic rings. The van der Waals surface area contributed by atoms with Gasteiger partial charge in [0.05, 0.1) is 4.90 Å². The van der Waals surface area contributed by atoms with E-state index < -0.39 is 15.9 Å². The molecular weight excluding hydrogens is 254 g/mol. The molecule has 1 N–H and O–H groups in total. The Kier molecular flexibility index (Phi) is 5.30. The summed E-state index contributed by atoms with van der Waals surface area (Å²) in [5.74, 6) is -0.521. The zero-order valence-electron chi connectivity index (χ0n) is 10.5. The molecule has 0 saturated carbocycles. The van der Waals surface area contributed by atoms with Gasteiger partial charge in [-0.25, -0.2) is 13.1 Å². The molecule has 5 nitrogen and oxygen atoms in total. The number of ether oxygens (including phenoxy) is 1. The monoisotopic (exact) mass is 271 g/mol. The Morgan fingerprint density at radius 2 is 1.89 bits per heavy atom. The van der Waals surface area contributed by atoms with E-state index in [4.69, 9.17) is 4.74 Å². The number of methoxy groups -OCH3 is 1. The average molecular weight is 271 g/mol. The third-order valence-corrected chi connectivity index (χ3v) is 3.72. The third-order valence-electron chi connectivity index (χ3n) is 2.33. The molecule has 0 heterocycles. The molecule has 1 aromatic rings. The number of benzene rings is 1. The van der Waals surface area contributed by atoms with E-state index in [1.165, 1.54) is 19.2 Å². The van der Waals surface area contributed by atoms with Crippen molar-refractivity contribution < 1.29 is 17.9 Å². The molecule has 0 fully saturated rings. The van der Waals surface area contributed by atoms with Gasteiger partial charge >= 0.3 is 0 Å². The number of nitrogens with one attached hydrogen (secondary N) is 1. The predicted octanol–water partition coefficient (Wildman–Crippen LogP) is 1.23. The summed E-state index contributed by atoms with van der Waals surface area (Å²) in [7, 11) is -2.23. The zero-order valence-corrected chi connectivity index (χ0v) is 11.3. The van der Waals surface area contributed by atoms with Crippen molar-refractivity contribution in [1.82, 2.24) is 4.72 Å². The Labute approximate surface area is 107 Å². The maximum absolute atomic E-state index is 11.8. The van der Waals surface area contributed by atoms with Crippen LogP contribution in [0.4, 0.5) is 0 Å². The highest BCUT2D eigenvalue weighted by Crippen LogP contribution is 2.10. The number of hydrogen-bond donors (Lipinski definition) is 1. The summed E-state index contributed by atoms with van der Waals surface area (Å²) in [6.07, 6.45) is 0.616. The van der Waals surface area contributed by atoms with Crippen LogP contribution in [0.15, 0.2) is 29.2 Å². The van der Waals surface area contributed by atoms with Gasteiger partial charge in [-0.1, -0.05) is 17.7 Å². The van der Waals surface area contributed by atoms with E-state index in [2.05, 4.69) is 0 Å². The maximum Gasteiger partial charge on any atom is 0.264 e. The molecule has 0 aliphatic carbocycles. The fraction of sp³-hybridized carbons (Fsp3) is 0.417. The minimum Gasteiger partial charge on any atom is -0.385 e. The zero-order chi connectivity index (χ0) is 13.6. The first kappa shape index (κ1) is 14.7. The normalized spacial score (nSPS) is 11.2. The lowest BCUT2D eigenvalue weighted by Crippen LogP contribution is -2.30. The van der Waals surface area contributed by atoms with Crippen molar-refractivity contribution >= 4 is 15.9 Å². The highest BCUT2D eigenvalue weighted by atomic mass is 32.2. The van der Waals surface area contributed by atoms with Crippen molar-refractivity contribution in [3.05, 3.63) is 29.8 Å². The van der Waals surface area contributed by atoms with Gasteiger partial charge in [-0.3, -0.25) is 4.79 Å². The molecule has 1 aromatic carbocycles. The third kappa shape index (κ3) is 4.46. The van der Waals surface area contributed by atoms with Crippen LogP contribution in [0.2, 0.25) is 0 Å². The molecule has 100 valence electrons. The Morgan fingerprint density at radius 3 is 2.44 bits per heavy atom. The lowest BCUT2D eigenvalue weighted by atomic mass is 10.2. The smallest absolute Gasteiger partial charge is 0.264 e. The van der Waals surface area contributed by atoms with Crippen molar-refractivity contribution in [3.8, 4) is 0 Å². The topological polar surface area (TPSA) is 72.5 Å². The first-order chi connectivity index (χ1) is 8.45. The van der Waals surface area contributed by atoms with Crippen LogP contribution in [0.3, 0.4) is 0 Å². The number of aryl methyl sites for hydroxylation is 1. The Balaban J connectivity index is 2.64. The summed E-state index contributed by atoms with van der Waals surface area (Å²) in [6, 6.07) is 6.31. The lowest BCUT2D eigenvalue weighted by molar-refractivity contribution is -0.119. The van der Waals surface area contributed by atoms with Gasteiger partial charge in [-0.05, 0) is 25.5 Å². The number of sulfonamides is 1. The Hall–Kier alpha value is -1.40. The van der Waals surface area contributed by atoms with Gasteiger partial charge in [0.15, 0.2) is 0 Å². The highest BCUT2D eigenvalue weighted by Gasteiger charge is 2.16. The van der Waals surface area contributed by atoms with E-state index in [0.29, 0.717) is 13.0 Å². The van der Waals surface area contributed by atoms with E-state index >= 15 is 0 Å². The molecule has 0 spiro atoms. The van der Waals surface area contributed by atoms with E-state index in [1.54, 1.807) is 12.1 Å². The average Bonchev–Trinajstić information content (AvgIpc) is 2.29. The second-order valence-electron chi connectivity index (χ2n) is 3.94.